The molecule has 0 aliphatic heterocycles. The van der Waals surface area contributed by atoms with Gasteiger partial charge in [-0.25, -0.2) is 4.68 Å². The van der Waals surface area contributed by atoms with Crippen LogP contribution in [-0.2, 0) is 6.54 Å². The number of nitrogens with zero attached hydrogens (tertiary/aromatic N) is 2. The molecule has 6 heteroatoms. The van der Waals surface area contributed by atoms with E-state index in [9.17, 15) is 4.79 Å². The number of para-hydroxylation sites is 1. The second-order valence-corrected chi connectivity index (χ2v) is 6.74. The number of hydrogen-bond donors (Lipinski definition) is 1. The van der Waals surface area contributed by atoms with E-state index in [4.69, 9.17) is 0 Å². The van der Waals surface area contributed by atoms with Crippen LogP contribution in [0.1, 0.15) is 15.9 Å². The van der Waals surface area contributed by atoms with Crippen molar-refractivity contribution in [3.8, 4) is 5.69 Å². The highest BCUT2D eigenvalue weighted by atomic mass is 79.9. The molecule has 4 nitrogen and oxygen atoms in total. The van der Waals surface area contributed by atoms with Gasteiger partial charge in [0.25, 0.3) is 5.91 Å². The number of amides is 1. The van der Waals surface area contributed by atoms with Gasteiger partial charge in [0.15, 0.2) is 0 Å². The topological polar surface area (TPSA) is 46.9 Å². The minimum Gasteiger partial charge on any atom is -0.348 e. The largest absolute Gasteiger partial charge is 0.348 e. The molecule has 21 heavy (non-hydrogen) atoms. The molecule has 0 radical (unpaired) electrons. The maximum absolute atomic E-state index is 12.0. The second kappa shape index (κ2) is 6.24. The number of nitrogens with one attached hydrogen (secondary N) is 1. The van der Waals surface area contributed by atoms with Crippen LogP contribution in [-0.4, -0.2) is 15.7 Å². The summed E-state index contributed by atoms with van der Waals surface area (Å²) in [6.07, 6.45) is 3.68. The Hall–Kier alpha value is -1.92. The Balaban J connectivity index is 1.64. The molecule has 0 fully saturated rings. The standard InChI is InChI=1S/C15H12BrN3OS/c16-14-6-12(10-21-14)15(20)17-7-11-8-18-19(9-11)13-4-2-1-3-5-13/h1-6,8-10H,7H2,(H,17,20). The van der Waals surface area contributed by atoms with Crippen LogP contribution in [0.25, 0.3) is 5.69 Å². The molecule has 3 aromatic rings. The molecule has 3 rings (SSSR count). The molecule has 1 aromatic carbocycles. The van der Waals surface area contributed by atoms with Gasteiger partial charge >= 0.3 is 0 Å². The Bertz CT molecular complexity index is 751. The third kappa shape index (κ3) is 3.40. The van der Waals surface area contributed by atoms with Gasteiger partial charge in [0.2, 0.25) is 0 Å². The molecular weight excluding hydrogens is 350 g/mol. The SMILES string of the molecule is O=C(NCc1cnn(-c2ccccc2)c1)c1csc(Br)c1. The average Bonchev–Trinajstić information content (AvgIpc) is 3.15. The first-order valence-electron chi connectivity index (χ1n) is 6.33. The number of hydrogen-bond acceptors (Lipinski definition) is 3. The van der Waals surface area contributed by atoms with Gasteiger partial charge < -0.3 is 5.32 Å². The van der Waals surface area contributed by atoms with E-state index in [0.717, 1.165) is 15.0 Å². The van der Waals surface area contributed by atoms with E-state index in [-0.39, 0.29) is 5.91 Å². The van der Waals surface area contributed by atoms with Gasteiger partial charge in [-0.05, 0) is 34.1 Å². The number of rotatable bonds is 4. The van der Waals surface area contributed by atoms with E-state index >= 15 is 0 Å². The van der Waals surface area contributed by atoms with Gasteiger partial charge in [0.05, 0.1) is 21.2 Å². The average molecular weight is 362 g/mol. The van der Waals surface area contributed by atoms with Crippen LogP contribution in [0.5, 0.6) is 0 Å². The van der Waals surface area contributed by atoms with Crippen LogP contribution in [0.2, 0.25) is 0 Å². The van der Waals surface area contributed by atoms with E-state index in [0.29, 0.717) is 12.1 Å². The van der Waals surface area contributed by atoms with Crippen molar-refractivity contribution in [3.63, 3.8) is 0 Å². The van der Waals surface area contributed by atoms with Crippen LogP contribution >= 0.6 is 27.3 Å². The summed E-state index contributed by atoms with van der Waals surface area (Å²) in [6.45, 7) is 0.457. The lowest BCUT2D eigenvalue weighted by Crippen LogP contribution is -2.21. The molecular formula is C15H12BrN3OS. The number of halogens is 1. The number of thiophene rings is 1. The Morgan fingerprint density at radius 1 is 1.33 bits per heavy atom. The Morgan fingerprint density at radius 3 is 2.86 bits per heavy atom. The molecule has 2 heterocycles. The van der Waals surface area contributed by atoms with Crippen LogP contribution in [0.4, 0.5) is 0 Å². The third-order valence-corrected chi connectivity index (χ3v) is 4.44. The van der Waals surface area contributed by atoms with E-state index in [1.807, 2.05) is 48.0 Å². The van der Waals surface area contributed by atoms with Crippen molar-refractivity contribution in [2.75, 3.05) is 0 Å². The maximum Gasteiger partial charge on any atom is 0.252 e. The van der Waals surface area contributed by atoms with Crippen LogP contribution in [0.3, 0.4) is 0 Å². The van der Waals surface area contributed by atoms with Crippen LogP contribution in [0.15, 0.2) is 58.0 Å². The van der Waals surface area contributed by atoms with Crippen molar-refractivity contribution in [3.05, 3.63) is 69.1 Å². The van der Waals surface area contributed by atoms with Gasteiger partial charge in [-0.1, -0.05) is 18.2 Å². The monoisotopic (exact) mass is 361 g/mol. The quantitative estimate of drug-likeness (QED) is 0.771. The van der Waals surface area contributed by atoms with Crippen molar-refractivity contribution in [1.29, 1.82) is 0 Å². The fraction of sp³-hybridized carbons (Fsp3) is 0.0667. The van der Waals surface area contributed by atoms with Crippen molar-refractivity contribution < 1.29 is 4.79 Å². The fourth-order valence-corrected chi connectivity index (χ4v) is 3.02. The minimum atomic E-state index is -0.0792. The smallest absolute Gasteiger partial charge is 0.252 e. The highest BCUT2D eigenvalue weighted by molar-refractivity contribution is 9.11. The van der Waals surface area contributed by atoms with Crippen molar-refractivity contribution in [2.24, 2.45) is 0 Å². The summed E-state index contributed by atoms with van der Waals surface area (Å²) in [5, 5.41) is 9.01. The lowest BCUT2D eigenvalue weighted by Gasteiger charge is -2.01. The number of aromatic nitrogens is 2. The molecule has 0 saturated carbocycles. The number of benzene rings is 1. The molecule has 0 unspecified atom stereocenters. The van der Waals surface area contributed by atoms with Gasteiger partial charge in [0.1, 0.15) is 0 Å². The first kappa shape index (κ1) is 14.0. The summed E-state index contributed by atoms with van der Waals surface area (Å²) in [7, 11) is 0. The molecule has 0 bridgehead atoms. The molecule has 1 N–H and O–H groups in total. The van der Waals surface area contributed by atoms with E-state index in [2.05, 4.69) is 26.3 Å². The van der Waals surface area contributed by atoms with Crippen molar-refractivity contribution in [2.45, 2.75) is 6.54 Å². The Kier molecular flexibility index (Phi) is 4.17. The summed E-state index contributed by atoms with van der Waals surface area (Å²) in [4.78, 5) is 12.0. The molecule has 0 aliphatic rings. The number of carbonyl (C=O) groups excluding carboxylic acids is 1. The van der Waals surface area contributed by atoms with Crippen molar-refractivity contribution >= 4 is 33.2 Å². The fourth-order valence-electron chi connectivity index (χ4n) is 1.89. The number of carbonyl (C=O) groups is 1. The molecule has 0 aliphatic carbocycles. The predicted octanol–water partition coefficient (Wildman–Crippen LogP) is 3.63. The zero-order valence-corrected chi connectivity index (χ0v) is 13.4. The summed E-state index contributed by atoms with van der Waals surface area (Å²) in [6, 6.07) is 11.7. The van der Waals surface area contributed by atoms with Gasteiger partial charge in [-0.3, -0.25) is 4.79 Å². The molecule has 1 amide bonds. The predicted molar refractivity (Wildman–Crippen MR) is 86.8 cm³/mol. The van der Waals surface area contributed by atoms with E-state index < -0.39 is 0 Å². The maximum atomic E-state index is 12.0. The first-order valence-corrected chi connectivity index (χ1v) is 8.01. The lowest BCUT2D eigenvalue weighted by atomic mass is 10.3. The lowest BCUT2D eigenvalue weighted by molar-refractivity contribution is 0.0951. The Labute approximate surface area is 134 Å². The summed E-state index contributed by atoms with van der Waals surface area (Å²) >= 11 is 4.85. The molecule has 0 saturated heterocycles. The summed E-state index contributed by atoms with van der Waals surface area (Å²) in [5.74, 6) is -0.0792. The normalized spacial score (nSPS) is 10.5. The molecule has 0 atom stereocenters. The van der Waals surface area contributed by atoms with Crippen LogP contribution in [0, 0.1) is 0 Å². The zero-order valence-electron chi connectivity index (χ0n) is 11.0. The van der Waals surface area contributed by atoms with E-state index in [1.165, 1.54) is 11.3 Å². The van der Waals surface area contributed by atoms with Crippen LogP contribution < -0.4 is 5.32 Å². The van der Waals surface area contributed by atoms with E-state index in [1.54, 1.807) is 10.9 Å². The highest BCUT2D eigenvalue weighted by Gasteiger charge is 2.08. The van der Waals surface area contributed by atoms with Gasteiger partial charge in [-0.15, -0.1) is 11.3 Å². The summed E-state index contributed by atoms with van der Waals surface area (Å²) < 4.78 is 2.74. The summed E-state index contributed by atoms with van der Waals surface area (Å²) in [5.41, 5.74) is 2.63. The first-order chi connectivity index (χ1) is 10.2. The Morgan fingerprint density at radius 2 is 2.14 bits per heavy atom. The van der Waals surface area contributed by atoms with Gasteiger partial charge in [0, 0.05) is 23.7 Å². The zero-order chi connectivity index (χ0) is 14.7. The molecule has 106 valence electrons. The molecule has 2 aromatic heterocycles. The van der Waals surface area contributed by atoms with Crippen molar-refractivity contribution in [1.82, 2.24) is 15.1 Å². The molecule has 0 spiro atoms. The second-order valence-electron chi connectivity index (χ2n) is 4.45. The highest BCUT2D eigenvalue weighted by Crippen LogP contribution is 2.20. The minimum absolute atomic E-state index is 0.0792. The third-order valence-electron chi connectivity index (χ3n) is 2.94. The van der Waals surface area contributed by atoms with Gasteiger partial charge in [-0.2, -0.15) is 5.10 Å².